The molecule has 0 aliphatic carbocycles. The molecule has 0 aromatic heterocycles. The molecule has 1 aliphatic heterocycles. The highest BCUT2D eigenvalue weighted by Gasteiger charge is 2.33. The Balaban J connectivity index is 2.62. The van der Waals surface area contributed by atoms with Crippen LogP contribution in [0.1, 0.15) is 59.8 Å². The van der Waals surface area contributed by atoms with Crippen LogP contribution in [0, 0.1) is 0 Å². The zero-order valence-electron chi connectivity index (χ0n) is 14.9. The molecule has 1 heterocycles. The summed E-state index contributed by atoms with van der Waals surface area (Å²) in [6.07, 6.45) is -0.181. The van der Waals surface area contributed by atoms with Gasteiger partial charge in [-0.25, -0.2) is 9.59 Å². The van der Waals surface area contributed by atoms with Crippen LogP contribution in [-0.4, -0.2) is 46.4 Å². The fourth-order valence-corrected chi connectivity index (χ4v) is 1.99. The average Bonchev–Trinajstić information content (AvgIpc) is 2.81. The molecule has 1 N–H and O–H groups in total. The molecule has 0 bridgehead atoms. The highest BCUT2D eigenvalue weighted by Crippen LogP contribution is 2.14. The first kappa shape index (κ1) is 20.6. The van der Waals surface area contributed by atoms with E-state index < -0.39 is 35.4 Å². The predicted molar refractivity (Wildman–Crippen MR) is 84.5 cm³/mol. The van der Waals surface area contributed by atoms with Crippen LogP contribution in [0.25, 0.3) is 0 Å². The quantitative estimate of drug-likeness (QED) is 0.524. The highest BCUT2D eigenvalue weighted by atomic mass is 16.7. The van der Waals surface area contributed by atoms with Crippen LogP contribution >= 0.6 is 0 Å². The van der Waals surface area contributed by atoms with E-state index in [0.717, 1.165) is 0 Å². The third-order valence-electron chi connectivity index (χ3n) is 3.18. The summed E-state index contributed by atoms with van der Waals surface area (Å²) < 4.78 is 5.22. The second-order valence-corrected chi connectivity index (χ2v) is 6.59. The molecule has 1 fully saturated rings. The number of hydroxylamine groups is 2. The Morgan fingerprint density at radius 1 is 1.16 bits per heavy atom. The number of imide groups is 1. The summed E-state index contributed by atoms with van der Waals surface area (Å²) in [6.45, 7) is 6.67. The van der Waals surface area contributed by atoms with Crippen molar-refractivity contribution in [2.24, 2.45) is 0 Å². The number of hydrogen-bond donors (Lipinski definition) is 1. The molecule has 9 nitrogen and oxygen atoms in total. The van der Waals surface area contributed by atoms with Crippen molar-refractivity contribution in [1.82, 2.24) is 10.4 Å². The largest absolute Gasteiger partial charge is 0.458 e. The number of ether oxygens (including phenoxy) is 1. The molecule has 1 aliphatic rings. The van der Waals surface area contributed by atoms with Crippen LogP contribution < -0.4 is 5.32 Å². The van der Waals surface area contributed by atoms with Crippen LogP contribution in [0.15, 0.2) is 0 Å². The minimum Gasteiger partial charge on any atom is -0.458 e. The van der Waals surface area contributed by atoms with Crippen LogP contribution in [0.2, 0.25) is 0 Å². The zero-order chi connectivity index (χ0) is 19.2. The summed E-state index contributed by atoms with van der Waals surface area (Å²) >= 11 is 0. The molecule has 0 aromatic rings. The standard InChI is InChI=1S/C16H24N2O7/c1-5-11(19)17-10(15(23)24-16(2,3)4)6-9-14(22)25-18-12(20)7-8-13(18)21/h10H,5-9H2,1-4H3,(H,17,19)/t10-/m0/s1. The number of carbonyl (C=O) groups excluding carboxylic acids is 5. The van der Waals surface area contributed by atoms with Crippen molar-refractivity contribution in [3.05, 3.63) is 0 Å². The second-order valence-electron chi connectivity index (χ2n) is 6.59. The van der Waals surface area contributed by atoms with Crippen LogP contribution in [0.4, 0.5) is 0 Å². The molecular formula is C16H24N2O7. The molecule has 9 heteroatoms. The van der Waals surface area contributed by atoms with Crippen molar-refractivity contribution in [2.45, 2.75) is 71.4 Å². The van der Waals surface area contributed by atoms with E-state index in [-0.39, 0.29) is 38.0 Å². The molecule has 0 spiro atoms. The Bertz CT molecular complexity index is 549. The van der Waals surface area contributed by atoms with Gasteiger partial charge < -0.3 is 14.9 Å². The van der Waals surface area contributed by atoms with E-state index in [2.05, 4.69) is 5.32 Å². The number of hydrogen-bond acceptors (Lipinski definition) is 7. The normalized spacial score (nSPS) is 15.8. The van der Waals surface area contributed by atoms with Crippen molar-refractivity contribution in [1.29, 1.82) is 0 Å². The first-order valence-corrected chi connectivity index (χ1v) is 8.12. The summed E-state index contributed by atoms with van der Waals surface area (Å²) in [5.41, 5.74) is -0.749. The van der Waals surface area contributed by atoms with Crippen molar-refractivity contribution in [3.8, 4) is 0 Å². The van der Waals surface area contributed by atoms with Gasteiger partial charge in [-0.1, -0.05) is 6.92 Å². The summed E-state index contributed by atoms with van der Waals surface area (Å²) in [5.74, 6) is -3.05. The topological polar surface area (TPSA) is 119 Å². The van der Waals surface area contributed by atoms with Crippen molar-refractivity contribution < 1.29 is 33.5 Å². The van der Waals surface area contributed by atoms with Gasteiger partial charge >= 0.3 is 11.9 Å². The van der Waals surface area contributed by atoms with Gasteiger partial charge in [-0.2, -0.15) is 0 Å². The lowest BCUT2D eigenvalue weighted by atomic mass is 10.1. The van der Waals surface area contributed by atoms with E-state index in [1.807, 2.05) is 0 Å². The van der Waals surface area contributed by atoms with Gasteiger partial charge in [0.05, 0.1) is 6.42 Å². The maximum atomic E-state index is 12.2. The Morgan fingerprint density at radius 2 is 1.72 bits per heavy atom. The Hall–Kier alpha value is -2.45. The lowest BCUT2D eigenvalue weighted by Gasteiger charge is -2.24. The fraction of sp³-hybridized carbons (Fsp3) is 0.688. The van der Waals surface area contributed by atoms with Gasteiger partial charge in [-0.05, 0) is 27.2 Å². The van der Waals surface area contributed by atoms with Crippen molar-refractivity contribution in [3.63, 3.8) is 0 Å². The molecule has 25 heavy (non-hydrogen) atoms. The first-order valence-electron chi connectivity index (χ1n) is 8.12. The van der Waals surface area contributed by atoms with Gasteiger partial charge in [0, 0.05) is 19.3 Å². The first-order chi connectivity index (χ1) is 11.5. The summed E-state index contributed by atoms with van der Waals surface area (Å²) in [7, 11) is 0. The third kappa shape index (κ3) is 6.90. The Morgan fingerprint density at radius 3 is 2.20 bits per heavy atom. The molecule has 0 aromatic carbocycles. The Labute approximate surface area is 146 Å². The van der Waals surface area contributed by atoms with E-state index >= 15 is 0 Å². The van der Waals surface area contributed by atoms with Crippen LogP contribution in [-0.2, 0) is 33.5 Å². The van der Waals surface area contributed by atoms with E-state index in [1.54, 1.807) is 27.7 Å². The third-order valence-corrected chi connectivity index (χ3v) is 3.18. The number of esters is 1. The highest BCUT2D eigenvalue weighted by molar-refractivity contribution is 6.01. The number of nitrogens with zero attached hydrogens (tertiary/aromatic N) is 1. The van der Waals surface area contributed by atoms with E-state index in [1.165, 1.54) is 0 Å². The Kier molecular flexibility index (Phi) is 7.08. The minimum atomic E-state index is -1.02. The van der Waals surface area contributed by atoms with Gasteiger partial charge in [0.15, 0.2) is 0 Å². The van der Waals surface area contributed by atoms with Crippen LogP contribution in [0.5, 0.6) is 0 Å². The molecular weight excluding hydrogens is 332 g/mol. The van der Waals surface area contributed by atoms with Gasteiger partial charge in [-0.15, -0.1) is 5.06 Å². The minimum absolute atomic E-state index is 0.000789. The lowest BCUT2D eigenvalue weighted by molar-refractivity contribution is -0.197. The SMILES string of the molecule is CCC(=O)N[C@@H](CCC(=O)ON1C(=O)CCC1=O)C(=O)OC(C)(C)C. The van der Waals surface area contributed by atoms with Crippen molar-refractivity contribution in [2.75, 3.05) is 0 Å². The van der Waals surface area contributed by atoms with E-state index in [4.69, 9.17) is 9.57 Å². The van der Waals surface area contributed by atoms with E-state index in [9.17, 15) is 24.0 Å². The summed E-state index contributed by atoms with van der Waals surface area (Å²) in [4.78, 5) is 63.1. The fourth-order valence-electron chi connectivity index (χ4n) is 1.99. The average molecular weight is 356 g/mol. The second kappa shape index (κ2) is 8.59. The summed E-state index contributed by atoms with van der Waals surface area (Å²) in [6, 6.07) is -1.02. The molecule has 1 rings (SSSR count). The smallest absolute Gasteiger partial charge is 0.333 e. The monoisotopic (exact) mass is 356 g/mol. The van der Waals surface area contributed by atoms with Gasteiger partial charge in [0.1, 0.15) is 11.6 Å². The van der Waals surface area contributed by atoms with Crippen molar-refractivity contribution >= 4 is 29.7 Å². The van der Waals surface area contributed by atoms with Gasteiger partial charge in [0.2, 0.25) is 5.91 Å². The molecule has 3 amide bonds. The number of amides is 3. The maximum Gasteiger partial charge on any atom is 0.333 e. The molecule has 1 atom stereocenters. The maximum absolute atomic E-state index is 12.2. The molecule has 1 saturated heterocycles. The number of carbonyl (C=O) groups is 5. The van der Waals surface area contributed by atoms with Gasteiger partial charge in [-0.3, -0.25) is 14.4 Å². The molecule has 0 radical (unpaired) electrons. The van der Waals surface area contributed by atoms with Crippen LogP contribution in [0.3, 0.4) is 0 Å². The molecule has 140 valence electrons. The van der Waals surface area contributed by atoms with E-state index in [0.29, 0.717) is 5.06 Å². The molecule has 0 unspecified atom stereocenters. The van der Waals surface area contributed by atoms with Gasteiger partial charge in [0.25, 0.3) is 11.8 Å². The molecule has 0 saturated carbocycles. The summed E-state index contributed by atoms with van der Waals surface area (Å²) in [5, 5.41) is 2.93. The lowest BCUT2D eigenvalue weighted by Crippen LogP contribution is -2.44. The predicted octanol–water partition coefficient (Wildman–Crippen LogP) is 0.610. The number of rotatable bonds is 7. The number of nitrogens with one attached hydrogen (secondary N) is 1. The zero-order valence-corrected chi connectivity index (χ0v) is 14.9.